The van der Waals surface area contributed by atoms with Gasteiger partial charge >= 0.3 is 0 Å². The molecule has 0 bridgehead atoms. The predicted molar refractivity (Wildman–Crippen MR) is 63.0 cm³/mol. The van der Waals surface area contributed by atoms with Gasteiger partial charge in [-0.3, -0.25) is 9.69 Å². The van der Waals surface area contributed by atoms with Crippen molar-refractivity contribution in [3.8, 4) is 0 Å². The number of ketones is 1. The summed E-state index contributed by atoms with van der Waals surface area (Å²) in [6.07, 6.45) is 1.67. The van der Waals surface area contributed by atoms with Crippen molar-refractivity contribution in [2.45, 2.75) is 58.7 Å². The topological polar surface area (TPSA) is 32.3 Å². The van der Waals surface area contributed by atoms with Crippen molar-refractivity contribution in [1.29, 1.82) is 0 Å². The van der Waals surface area contributed by atoms with Gasteiger partial charge < -0.3 is 5.32 Å². The zero-order chi connectivity index (χ0) is 11.4. The monoisotopic (exact) mass is 212 g/mol. The Morgan fingerprint density at radius 1 is 1.33 bits per heavy atom. The first-order chi connectivity index (χ1) is 7.02. The van der Waals surface area contributed by atoms with E-state index in [1.165, 1.54) is 0 Å². The van der Waals surface area contributed by atoms with Crippen molar-refractivity contribution in [1.82, 2.24) is 10.2 Å². The van der Waals surface area contributed by atoms with E-state index in [0.717, 1.165) is 19.5 Å². The van der Waals surface area contributed by atoms with Crippen molar-refractivity contribution >= 4 is 5.78 Å². The lowest BCUT2D eigenvalue weighted by atomic mass is 10.1. The third-order valence-corrected chi connectivity index (χ3v) is 3.15. The minimum absolute atomic E-state index is 0.116. The number of hydrogen-bond donors (Lipinski definition) is 1. The highest BCUT2D eigenvalue weighted by molar-refractivity contribution is 5.86. The maximum Gasteiger partial charge on any atom is 0.151 e. The van der Waals surface area contributed by atoms with Gasteiger partial charge in [-0.15, -0.1) is 0 Å². The molecule has 0 aromatic heterocycles. The molecule has 1 aliphatic rings. The maximum absolute atomic E-state index is 11.4. The Bertz CT molecular complexity index is 206. The van der Waals surface area contributed by atoms with Crippen LogP contribution in [0.25, 0.3) is 0 Å². The molecule has 1 unspecified atom stereocenters. The summed E-state index contributed by atoms with van der Waals surface area (Å²) in [5.74, 6) is 0.391. The van der Waals surface area contributed by atoms with E-state index in [-0.39, 0.29) is 6.04 Å². The SMILES string of the molecule is CC(C)N(CCC1NCCC1=O)C(C)C. The lowest BCUT2D eigenvalue weighted by molar-refractivity contribution is -0.118. The summed E-state index contributed by atoms with van der Waals surface area (Å²) in [6, 6.07) is 1.23. The molecule has 0 amide bonds. The number of carbonyl (C=O) groups is 1. The van der Waals surface area contributed by atoms with Gasteiger partial charge in [0.15, 0.2) is 5.78 Å². The van der Waals surface area contributed by atoms with Crippen molar-refractivity contribution in [2.75, 3.05) is 13.1 Å². The molecule has 1 atom stereocenters. The highest BCUT2D eigenvalue weighted by Crippen LogP contribution is 2.10. The number of carbonyl (C=O) groups excluding carboxylic acids is 1. The van der Waals surface area contributed by atoms with Crippen LogP contribution in [0.3, 0.4) is 0 Å². The van der Waals surface area contributed by atoms with Crippen LogP contribution in [0.4, 0.5) is 0 Å². The van der Waals surface area contributed by atoms with Gasteiger partial charge in [0.2, 0.25) is 0 Å². The van der Waals surface area contributed by atoms with E-state index in [0.29, 0.717) is 24.3 Å². The number of rotatable bonds is 5. The van der Waals surface area contributed by atoms with E-state index in [9.17, 15) is 4.79 Å². The lowest BCUT2D eigenvalue weighted by Gasteiger charge is -2.31. The van der Waals surface area contributed by atoms with Gasteiger partial charge in [-0.05, 0) is 34.1 Å². The fourth-order valence-corrected chi connectivity index (χ4v) is 2.31. The first-order valence-corrected chi connectivity index (χ1v) is 6.04. The molecule has 88 valence electrons. The van der Waals surface area contributed by atoms with Crippen LogP contribution in [0.15, 0.2) is 0 Å². The lowest BCUT2D eigenvalue weighted by Crippen LogP contribution is -2.41. The fourth-order valence-electron chi connectivity index (χ4n) is 2.31. The van der Waals surface area contributed by atoms with Gasteiger partial charge in [0.25, 0.3) is 0 Å². The molecule has 0 aliphatic carbocycles. The predicted octanol–water partition coefficient (Wildman–Crippen LogP) is 1.43. The average Bonchev–Trinajstić information content (AvgIpc) is 2.51. The van der Waals surface area contributed by atoms with Gasteiger partial charge in [0.05, 0.1) is 6.04 Å². The van der Waals surface area contributed by atoms with Crippen LogP contribution in [0.5, 0.6) is 0 Å². The second-order valence-corrected chi connectivity index (χ2v) is 4.94. The standard InChI is InChI=1S/C12H24N2O/c1-9(2)14(10(3)4)8-6-11-12(15)5-7-13-11/h9-11,13H,5-8H2,1-4H3. The molecular formula is C12H24N2O. The molecule has 3 heteroatoms. The molecule has 3 nitrogen and oxygen atoms in total. The average molecular weight is 212 g/mol. The molecule has 0 spiro atoms. The molecule has 1 aliphatic heterocycles. The Balaban J connectivity index is 2.36. The molecule has 1 fully saturated rings. The number of hydrogen-bond acceptors (Lipinski definition) is 3. The van der Waals surface area contributed by atoms with Crippen molar-refractivity contribution in [3.63, 3.8) is 0 Å². The largest absolute Gasteiger partial charge is 0.307 e. The second kappa shape index (κ2) is 5.61. The van der Waals surface area contributed by atoms with E-state index >= 15 is 0 Å². The minimum Gasteiger partial charge on any atom is -0.307 e. The smallest absolute Gasteiger partial charge is 0.151 e. The summed E-state index contributed by atoms with van der Waals surface area (Å²) in [6.45, 7) is 10.7. The van der Waals surface area contributed by atoms with Crippen LogP contribution < -0.4 is 5.32 Å². The van der Waals surface area contributed by atoms with E-state index in [1.807, 2.05) is 0 Å². The molecule has 1 heterocycles. The van der Waals surface area contributed by atoms with Gasteiger partial charge in [0, 0.05) is 31.6 Å². The molecule has 0 radical (unpaired) electrons. The Kier molecular flexibility index (Phi) is 4.74. The summed E-state index contributed by atoms with van der Waals surface area (Å²) in [7, 11) is 0. The number of nitrogens with zero attached hydrogens (tertiary/aromatic N) is 1. The van der Waals surface area contributed by atoms with Crippen LogP contribution in [0.2, 0.25) is 0 Å². The summed E-state index contributed by atoms with van der Waals surface area (Å²) >= 11 is 0. The quantitative estimate of drug-likeness (QED) is 0.748. The molecule has 0 saturated carbocycles. The fraction of sp³-hybridized carbons (Fsp3) is 0.917. The second-order valence-electron chi connectivity index (χ2n) is 4.94. The van der Waals surface area contributed by atoms with Crippen LogP contribution in [-0.2, 0) is 4.79 Å². The first kappa shape index (κ1) is 12.7. The highest BCUT2D eigenvalue weighted by atomic mass is 16.1. The Hall–Kier alpha value is -0.410. The van der Waals surface area contributed by atoms with E-state index in [1.54, 1.807) is 0 Å². The molecular weight excluding hydrogens is 188 g/mol. The van der Waals surface area contributed by atoms with Crippen molar-refractivity contribution in [3.05, 3.63) is 0 Å². The van der Waals surface area contributed by atoms with Gasteiger partial charge in [0.1, 0.15) is 0 Å². The highest BCUT2D eigenvalue weighted by Gasteiger charge is 2.24. The zero-order valence-corrected chi connectivity index (χ0v) is 10.4. The Morgan fingerprint density at radius 3 is 2.33 bits per heavy atom. The van der Waals surface area contributed by atoms with Crippen LogP contribution >= 0.6 is 0 Å². The van der Waals surface area contributed by atoms with E-state index in [4.69, 9.17) is 0 Å². The Labute approximate surface area is 93.2 Å². The van der Waals surface area contributed by atoms with Crippen molar-refractivity contribution in [2.24, 2.45) is 0 Å². The van der Waals surface area contributed by atoms with Crippen LogP contribution in [0, 0.1) is 0 Å². The molecule has 15 heavy (non-hydrogen) atoms. The summed E-state index contributed by atoms with van der Waals surface area (Å²) < 4.78 is 0. The van der Waals surface area contributed by atoms with Crippen molar-refractivity contribution < 1.29 is 4.79 Å². The molecule has 1 saturated heterocycles. The maximum atomic E-state index is 11.4. The number of nitrogens with one attached hydrogen (secondary N) is 1. The molecule has 1 N–H and O–H groups in total. The molecule has 0 aromatic rings. The van der Waals surface area contributed by atoms with Gasteiger partial charge in [-0.25, -0.2) is 0 Å². The third kappa shape index (κ3) is 3.58. The van der Waals surface area contributed by atoms with Gasteiger partial charge in [-0.1, -0.05) is 0 Å². The normalized spacial score (nSPS) is 22.3. The summed E-state index contributed by atoms with van der Waals surface area (Å²) in [4.78, 5) is 13.9. The Morgan fingerprint density at radius 2 is 1.93 bits per heavy atom. The molecule has 0 aromatic carbocycles. The molecule has 1 rings (SSSR count). The van der Waals surface area contributed by atoms with Crippen LogP contribution in [-0.4, -0.2) is 41.9 Å². The number of Topliss-reactive ketones (excluding diaryl/α,β-unsaturated/α-hetero) is 1. The van der Waals surface area contributed by atoms with E-state index < -0.39 is 0 Å². The van der Waals surface area contributed by atoms with E-state index in [2.05, 4.69) is 37.9 Å². The first-order valence-electron chi connectivity index (χ1n) is 6.04. The third-order valence-electron chi connectivity index (χ3n) is 3.15. The zero-order valence-electron chi connectivity index (χ0n) is 10.4. The minimum atomic E-state index is 0.116. The summed E-state index contributed by atoms with van der Waals surface area (Å²) in [5, 5.41) is 3.26. The summed E-state index contributed by atoms with van der Waals surface area (Å²) in [5.41, 5.74) is 0. The van der Waals surface area contributed by atoms with Crippen LogP contribution in [0.1, 0.15) is 40.5 Å². The van der Waals surface area contributed by atoms with Gasteiger partial charge in [-0.2, -0.15) is 0 Å².